The molecule has 35 heavy (non-hydrogen) atoms. The van der Waals surface area contributed by atoms with Crippen LogP contribution in [0.25, 0.3) is 0 Å². The lowest BCUT2D eigenvalue weighted by Crippen LogP contribution is -2.45. The number of amides is 1. The minimum atomic E-state index is -0.850. The number of ether oxygens (including phenoxy) is 2. The number of allylic oxidation sites excluding steroid dienone is 2. The third kappa shape index (κ3) is 6.55. The van der Waals surface area contributed by atoms with Gasteiger partial charge in [0.05, 0.1) is 19.1 Å². The molecule has 0 aromatic heterocycles. The maximum absolute atomic E-state index is 13.3. The van der Waals surface area contributed by atoms with Crippen molar-refractivity contribution in [3.8, 4) is 11.5 Å². The summed E-state index contributed by atoms with van der Waals surface area (Å²) in [6, 6.07) is 5.33. The van der Waals surface area contributed by atoms with Crippen molar-refractivity contribution >= 4 is 11.9 Å². The van der Waals surface area contributed by atoms with Gasteiger partial charge in [-0.15, -0.1) is 0 Å². The molecule has 0 saturated carbocycles. The first kappa shape index (κ1) is 27.0. The zero-order chi connectivity index (χ0) is 25.6. The lowest BCUT2D eigenvalue weighted by molar-refractivity contribution is -0.188. The highest BCUT2D eigenvalue weighted by Gasteiger charge is 2.48. The Hall–Kier alpha value is -2.58. The maximum Gasteiger partial charge on any atom is 0.308 e. The second-order valence-corrected chi connectivity index (χ2v) is 10.1. The Balaban J connectivity index is 1.92. The zero-order valence-electron chi connectivity index (χ0n) is 21.7. The highest BCUT2D eigenvalue weighted by molar-refractivity contribution is 5.78. The molecule has 1 aromatic rings. The van der Waals surface area contributed by atoms with E-state index in [-0.39, 0.29) is 36.6 Å². The van der Waals surface area contributed by atoms with Crippen LogP contribution in [0.2, 0.25) is 0 Å². The van der Waals surface area contributed by atoms with Gasteiger partial charge in [-0.25, -0.2) is 5.06 Å². The number of benzene rings is 1. The van der Waals surface area contributed by atoms with Crippen molar-refractivity contribution in [2.24, 2.45) is 11.3 Å². The molecule has 1 fully saturated rings. The van der Waals surface area contributed by atoms with Crippen molar-refractivity contribution < 1.29 is 29.0 Å². The lowest BCUT2D eigenvalue weighted by Gasteiger charge is -2.33. The van der Waals surface area contributed by atoms with Crippen LogP contribution in [0.5, 0.6) is 11.5 Å². The van der Waals surface area contributed by atoms with E-state index in [1.165, 1.54) is 5.06 Å². The minimum absolute atomic E-state index is 0.116. The van der Waals surface area contributed by atoms with E-state index >= 15 is 0 Å². The van der Waals surface area contributed by atoms with Crippen LogP contribution < -0.4 is 9.47 Å². The van der Waals surface area contributed by atoms with Crippen molar-refractivity contribution in [1.29, 1.82) is 0 Å². The van der Waals surface area contributed by atoms with E-state index in [2.05, 4.69) is 19.9 Å². The van der Waals surface area contributed by atoms with Crippen LogP contribution in [0.3, 0.4) is 0 Å². The number of hydroxylamine groups is 2. The molecule has 2 heterocycles. The summed E-state index contributed by atoms with van der Waals surface area (Å²) in [7, 11) is 0. The van der Waals surface area contributed by atoms with Gasteiger partial charge in [0.1, 0.15) is 0 Å². The second kappa shape index (κ2) is 11.9. The van der Waals surface area contributed by atoms with Gasteiger partial charge in [0.25, 0.3) is 5.91 Å². The van der Waals surface area contributed by atoms with Gasteiger partial charge in [-0.05, 0) is 49.3 Å². The maximum atomic E-state index is 13.3. The first-order valence-electron chi connectivity index (χ1n) is 12.6. The molecule has 3 atom stereocenters. The monoisotopic (exact) mass is 488 g/mol. The number of hydrogen-bond acceptors (Lipinski definition) is 6. The lowest BCUT2D eigenvalue weighted by atomic mass is 9.77. The fourth-order valence-electron chi connectivity index (χ4n) is 5.20. The number of likely N-dealkylation sites (tertiary alicyclic amines) is 1. The van der Waals surface area contributed by atoms with Crippen LogP contribution in [0.15, 0.2) is 30.4 Å². The molecule has 1 saturated heterocycles. The molecule has 0 bridgehead atoms. The predicted molar refractivity (Wildman–Crippen MR) is 133 cm³/mol. The molecule has 1 amide bonds. The average Bonchev–Trinajstić information content (AvgIpc) is 3.40. The first-order chi connectivity index (χ1) is 16.7. The Bertz CT molecular complexity index is 915. The topological polar surface area (TPSA) is 88.5 Å². The van der Waals surface area contributed by atoms with Crippen LogP contribution in [0, 0.1) is 11.3 Å². The van der Waals surface area contributed by atoms with Crippen LogP contribution >= 0.6 is 0 Å². The van der Waals surface area contributed by atoms with E-state index in [4.69, 9.17) is 14.3 Å². The number of carboxylic acid groups (broad SMARTS) is 1. The summed E-state index contributed by atoms with van der Waals surface area (Å²) >= 11 is 0. The molecule has 0 aliphatic carbocycles. The molecular formula is C27H40N2O6. The van der Waals surface area contributed by atoms with E-state index in [9.17, 15) is 14.7 Å². The van der Waals surface area contributed by atoms with Crippen molar-refractivity contribution in [3.63, 3.8) is 0 Å². The van der Waals surface area contributed by atoms with Gasteiger partial charge in [0, 0.05) is 25.0 Å². The van der Waals surface area contributed by atoms with E-state index in [1.807, 2.05) is 49.9 Å². The molecule has 0 spiro atoms. The fourth-order valence-corrected chi connectivity index (χ4v) is 5.20. The molecule has 1 unspecified atom stereocenters. The SMILES string of the molecule is CC=CC(C)(C)C[C@H]1C(C(=O)O)[C@@H](c2ccc3c(c2)OCO3)CN1CC(=O)N(CCC)OCCC. The number of carbonyl (C=O) groups is 2. The largest absolute Gasteiger partial charge is 0.481 e. The summed E-state index contributed by atoms with van der Waals surface area (Å²) in [5, 5.41) is 11.8. The molecule has 1 aromatic carbocycles. The molecular weight excluding hydrogens is 448 g/mol. The van der Waals surface area contributed by atoms with Crippen LogP contribution in [-0.4, -0.2) is 66.0 Å². The third-order valence-electron chi connectivity index (χ3n) is 6.71. The molecule has 0 radical (unpaired) electrons. The Morgan fingerprint density at radius 3 is 2.63 bits per heavy atom. The molecule has 1 N–H and O–H groups in total. The molecule has 2 aliphatic rings. The third-order valence-corrected chi connectivity index (χ3v) is 6.71. The Kier molecular flexibility index (Phi) is 9.19. The first-order valence-corrected chi connectivity index (χ1v) is 12.6. The van der Waals surface area contributed by atoms with Crippen LogP contribution in [0.1, 0.15) is 65.4 Å². The number of nitrogens with zero attached hydrogens (tertiary/aromatic N) is 2. The van der Waals surface area contributed by atoms with E-state index < -0.39 is 11.9 Å². The van der Waals surface area contributed by atoms with Crippen LogP contribution in [-0.2, 0) is 14.4 Å². The van der Waals surface area contributed by atoms with Crippen LogP contribution in [0.4, 0.5) is 0 Å². The van der Waals surface area contributed by atoms with Gasteiger partial charge in [-0.3, -0.25) is 19.3 Å². The van der Waals surface area contributed by atoms with E-state index in [0.29, 0.717) is 37.6 Å². The molecule has 2 aliphatic heterocycles. The quantitative estimate of drug-likeness (QED) is 0.343. The highest BCUT2D eigenvalue weighted by Crippen LogP contribution is 2.45. The number of aliphatic carboxylic acids is 1. The normalized spacial score (nSPS) is 22.1. The molecule has 8 heteroatoms. The van der Waals surface area contributed by atoms with Gasteiger partial charge in [0.15, 0.2) is 11.5 Å². The summed E-state index contributed by atoms with van der Waals surface area (Å²) in [4.78, 5) is 33.7. The standard InChI is InChI=1S/C27H40N2O6/c1-6-11-27(4,5)15-21-25(26(31)32)20(19-9-10-22-23(14-19)34-18-33-22)16-28(21)17-24(30)29(12-7-2)35-13-8-3/h6,9-11,14,20-21,25H,7-8,12-13,15-18H2,1-5H3,(H,31,32)/t20-,21+,25?/m1/s1. The van der Waals surface area contributed by atoms with Gasteiger partial charge in [0.2, 0.25) is 6.79 Å². The van der Waals surface area contributed by atoms with Crippen molar-refractivity contribution in [1.82, 2.24) is 9.96 Å². The number of fused-ring (bicyclic) bond motifs is 1. The summed E-state index contributed by atoms with van der Waals surface area (Å²) in [6.45, 7) is 11.9. The zero-order valence-corrected chi connectivity index (χ0v) is 21.7. The van der Waals surface area contributed by atoms with Gasteiger partial charge in [-0.2, -0.15) is 0 Å². The van der Waals surface area contributed by atoms with E-state index in [1.54, 1.807) is 0 Å². The number of carboxylic acids is 1. The molecule has 8 nitrogen and oxygen atoms in total. The second-order valence-electron chi connectivity index (χ2n) is 10.1. The van der Waals surface area contributed by atoms with E-state index in [0.717, 1.165) is 18.4 Å². The fraction of sp³-hybridized carbons (Fsp3) is 0.630. The predicted octanol–water partition coefficient (Wildman–Crippen LogP) is 4.46. The summed E-state index contributed by atoms with van der Waals surface area (Å²) in [5.74, 6) is -0.629. The number of rotatable bonds is 12. The number of hydrogen-bond donors (Lipinski definition) is 1. The highest BCUT2D eigenvalue weighted by atomic mass is 16.7. The Morgan fingerprint density at radius 2 is 1.97 bits per heavy atom. The van der Waals surface area contributed by atoms with Crippen molar-refractivity contribution in [2.45, 2.75) is 65.8 Å². The molecule has 194 valence electrons. The van der Waals surface area contributed by atoms with Crippen molar-refractivity contribution in [3.05, 3.63) is 35.9 Å². The summed E-state index contributed by atoms with van der Waals surface area (Å²) in [6.07, 6.45) is 6.31. The minimum Gasteiger partial charge on any atom is -0.481 e. The molecule has 3 rings (SSSR count). The van der Waals surface area contributed by atoms with Crippen molar-refractivity contribution in [2.75, 3.05) is 33.0 Å². The summed E-state index contributed by atoms with van der Waals surface area (Å²) < 4.78 is 11.0. The van der Waals surface area contributed by atoms with Gasteiger partial charge in [-0.1, -0.05) is 45.9 Å². The Morgan fingerprint density at radius 1 is 1.23 bits per heavy atom. The average molecular weight is 489 g/mol. The smallest absolute Gasteiger partial charge is 0.308 e. The van der Waals surface area contributed by atoms with Gasteiger partial charge >= 0.3 is 5.97 Å². The number of carbonyl (C=O) groups excluding carboxylic acids is 1. The van der Waals surface area contributed by atoms with Gasteiger partial charge < -0.3 is 14.6 Å². The Labute approximate surface area is 208 Å². The summed E-state index contributed by atoms with van der Waals surface area (Å²) in [5.41, 5.74) is 0.665.